The summed E-state index contributed by atoms with van der Waals surface area (Å²) in [6.45, 7) is 4.09. The number of aromatic carboxylic acids is 1. The van der Waals surface area contributed by atoms with Gasteiger partial charge in [0.2, 0.25) is 0 Å². The molecule has 1 fully saturated rings. The van der Waals surface area contributed by atoms with Crippen LogP contribution in [0.1, 0.15) is 30.1 Å². The summed E-state index contributed by atoms with van der Waals surface area (Å²) in [5, 5.41) is 17.8. The van der Waals surface area contributed by atoms with Crippen LogP contribution in [0, 0.1) is 5.92 Å². The van der Waals surface area contributed by atoms with Crippen molar-refractivity contribution in [3.63, 3.8) is 0 Å². The van der Waals surface area contributed by atoms with Crippen LogP contribution in [0.4, 0.5) is 5.82 Å². The molecule has 1 aliphatic heterocycles. The fraction of sp³-hybridized carbons (Fsp3) is 0.583. The van der Waals surface area contributed by atoms with Crippen LogP contribution in [-0.4, -0.2) is 40.6 Å². The Morgan fingerprint density at radius 1 is 1.44 bits per heavy atom. The van der Waals surface area contributed by atoms with E-state index in [-0.39, 0.29) is 5.56 Å². The lowest BCUT2D eigenvalue weighted by atomic mass is 9.99. The van der Waals surface area contributed by atoms with Crippen LogP contribution in [0.2, 0.25) is 0 Å². The molecule has 0 amide bonds. The summed E-state index contributed by atoms with van der Waals surface area (Å²) in [5.41, 5.74) is 0.242. The SMILES string of the molecule is CSc1nnc(N2CCC(C)CC2)cc1C(=O)O. The van der Waals surface area contributed by atoms with Gasteiger partial charge in [0.1, 0.15) is 5.03 Å². The highest BCUT2D eigenvalue weighted by Gasteiger charge is 2.20. The smallest absolute Gasteiger partial charge is 0.338 e. The van der Waals surface area contributed by atoms with Gasteiger partial charge in [-0.05, 0) is 31.1 Å². The minimum absolute atomic E-state index is 0.242. The van der Waals surface area contributed by atoms with Gasteiger partial charge in [0.05, 0.1) is 5.56 Å². The maximum atomic E-state index is 11.2. The van der Waals surface area contributed by atoms with Crippen LogP contribution in [0.3, 0.4) is 0 Å². The van der Waals surface area contributed by atoms with Crippen molar-refractivity contribution in [1.29, 1.82) is 0 Å². The van der Waals surface area contributed by atoms with E-state index in [4.69, 9.17) is 5.11 Å². The summed E-state index contributed by atoms with van der Waals surface area (Å²) in [5.74, 6) is 0.469. The Hall–Kier alpha value is -1.30. The third kappa shape index (κ3) is 2.75. The molecule has 2 heterocycles. The number of carboxylic acid groups (broad SMARTS) is 1. The lowest BCUT2D eigenvalue weighted by molar-refractivity contribution is 0.0692. The van der Waals surface area contributed by atoms with Gasteiger partial charge in [-0.3, -0.25) is 0 Å². The third-order valence-corrected chi connectivity index (χ3v) is 3.97. The average molecular weight is 267 g/mol. The molecular weight excluding hydrogens is 250 g/mol. The normalized spacial score (nSPS) is 16.9. The number of hydrogen-bond donors (Lipinski definition) is 1. The van der Waals surface area contributed by atoms with Gasteiger partial charge in [-0.1, -0.05) is 6.92 Å². The summed E-state index contributed by atoms with van der Waals surface area (Å²) in [7, 11) is 0. The first-order valence-corrected chi connectivity index (χ1v) is 7.24. The number of nitrogens with zero attached hydrogens (tertiary/aromatic N) is 3. The first kappa shape index (κ1) is 13.1. The lowest BCUT2D eigenvalue weighted by Crippen LogP contribution is -2.33. The van der Waals surface area contributed by atoms with E-state index in [1.165, 1.54) is 11.8 Å². The van der Waals surface area contributed by atoms with Crippen molar-refractivity contribution in [2.24, 2.45) is 5.92 Å². The van der Waals surface area contributed by atoms with Crippen LogP contribution in [-0.2, 0) is 0 Å². The molecule has 1 saturated heterocycles. The molecule has 2 rings (SSSR count). The molecule has 6 heteroatoms. The largest absolute Gasteiger partial charge is 0.478 e. The number of thioether (sulfide) groups is 1. The van der Waals surface area contributed by atoms with E-state index < -0.39 is 5.97 Å². The number of aromatic nitrogens is 2. The van der Waals surface area contributed by atoms with Gasteiger partial charge in [-0.15, -0.1) is 22.0 Å². The van der Waals surface area contributed by atoms with E-state index in [2.05, 4.69) is 22.0 Å². The Bertz CT molecular complexity index is 445. The Labute approximate surface area is 111 Å². The van der Waals surface area contributed by atoms with Crippen molar-refractivity contribution in [1.82, 2.24) is 10.2 Å². The second-order valence-corrected chi connectivity index (χ2v) is 5.40. The maximum absolute atomic E-state index is 11.2. The van der Waals surface area contributed by atoms with E-state index in [1.807, 2.05) is 0 Å². The van der Waals surface area contributed by atoms with E-state index in [0.29, 0.717) is 10.8 Å². The fourth-order valence-electron chi connectivity index (χ4n) is 2.07. The lowest BCUT2D eigenvalue weighted by Gasteiger charge is -2.30. The molecule has 18 heavy (non-hydrogen) atoms. The fourth-order valence-corrected chi connectivity index (χ4v) is 2.56. The van der Waals surface area contributed by atoms with Gasteiger partial charge in [0.15, 0.2) is 5.82 Å². The van der Waals surface area contributed by atoms with Crippen LogP contribution >= 0.6 is 11.8 Å². The molecule has 0 spiro atoms. The third-order valence-electron chi connectivity index (χ3n) is 3.28. The molecule has 0 saturated carbocycles. The number of rotatable bonds is 3. The molecule has 1 N–H and O–H groups in total. The van der Waals surface area contributed by atoms with Crippen LogP contribution in [0.25, 0.3) is 0 Å². The standard InChI is InChI=1S/C12H17N3O2S/c1-8-3-5-15(6-4-8)10-7-9(12(16)17)11(18-2)14-13-10/h7-8H,3-6H2,1-2H3,(H,16,17). The number of anilines is 1. The molecular formula is C12H17N3O2S. The van der Waals surface area contributed by atoms with Crippen LogP contribution in [0.15, 0.2) is 11.1 Å². The second-order valence-electron chi connectivity index (χ2n) is 4.60. The van der Waals surface area contributed by atoms with E-state index in [1.54, 1.807) is 12.3 Å². The monoisotopic (exact) mass is 267 g/mol. The predicted octanol–water partition coefficient (Wildman–Crippen LogP) is 2.13. The van der Waals surface area contributed by atoms with Gasteiger partial charge in [-0.2, -0.15) is 0 Å². The Balaban J connectivity index is 2.24. The summed E-state index contributed by atoms with van der Waals surface area (Å²) >= 11 is 1.31. The van der Waals surface area contributed by atoms with Crippen LogP contribution in [0.5, 0.6) is 0 Å². The van der Waals surface area contributed by atoms with Gasteiger partial charge >= 0.3 is 5.97 Å². The van der Waals surface area contributed by atoms with Crippen molar-refractivity contribution >= 4 is 23.5 Å². The summed E-state index contributed by atoms with van der Waals surface area (Å²) in [4.78, 5) is 13.3. The molecule has 0 unspecified atom stereocenters. The van der Waals surface area contributed by atoms with Crippen molar-refractivity contribution in [2.45, 2.75) is 24.8 Å². The Morgan fingerprint density at radius 2 is 2.11 bits per heavy atom. The zero-order chi connectivity index (χ0) is 13.1. The zero-order valence-electron chi connectivity index (χ0n) is 10.6. The van der Waals surface area contributed by atoms with Gasteiger partial charge < -0.3 is 10.0 Å². The van der Waals surface area contributed by atoms with Gasteiger partial charge in [0.25, 0.3) is 0 Å². The molecule has 0 radical (unpaired) electrons. The Morgan fingerprint density at radius 3 is 2.67 bits per heavy atom. The molecule has 0 aromatic carbocycles. The summed E-state index contributed by atoms with van der Waals surface area (Å²) in [6, 6.07) is 1.64. The summed E-state index contributed by atoms with van der Waals surface area (Å²) in [6.07, 6.45) is 4.04. The molecule has 1 aromatic heterocycles. The zero-order valence-corrected chi connectivity index (χ0v) is 11.4. The van der Waals surface area contributed by atoms with Crippen molar-refractivity contribution in [3.8, 4) is 0 Å². The molecule has 5 nitrogen and oxygen atoms in total. The van der Waals surface area contributed by atoms with Gasteiger partial charge in [0, 0.05) is 13.1 Å². The highest BCUT2D eigenvalue weighted by atomic mass is 32.2. The van der Waals surface area contributed by atoms with Gasteiger partial charge in [-0.25, -0.2) is 4.79 Å². The second kappa shape index (κ2) is 5.56. The maximum Gasteiger partial charge on any atom is 0.338 e. The summed E-state index contributed by atoms with van der Waals surface area (Å²) < 4.78 is 0. The quantitative estimate of drug-likeness (QED) is 0.846. The minimum atomic E-state index is -0.944. The number of carbonyl (C=O) groups is 1. The van der Waals surface area contributed by atoms with E-state index in [0.717, 1.165) is 31.8 Å². The van der Waals surface area contributed by atoms with Crippen molar-refractivity contribution in [3.05, 3.63) is 11.6 Å². The highest BCUT2D eigenvalue weighted by molar-refractivity contribution is 7.98. The number of hydrogen-bond acceptors (Lipinski definition) is 5. The molecule has 1 aromatic rings. The van der Waals surface area contributed by atoms with Crippen molar-refractivity contribution < 1.29 is 9.90 Å². The van der Waals surface area contributed by atoms with E-state index in [9.17, 15) is 4.79 Å². The topological polar surface area (TPSA) is 66.3 Å². The molecule has 0 bridgehead atoms. The number of carboxylic acids is 1. The Kier molecular flexibility index (Phi) is 4.06. The van der Waals surface area contributed by atoms with E-state index >= 15 is 0 Å². The average Bonchev–Trinajstić information content (AvgIpc) is 2.39. The highest BCUT2D eigenvalue weighted by Crippen LogP contribution is 2.24. The first-order chi connectivity index (χ1) is 8.61. The predicted molar refractivity (Wildman–Crippen MR) is 71.4 cm³/mol. The minimum Gasteiger partial charge on any atom is -0.478 e. The molecule has 98 valence electrons. The molecule has 1 aliphatic rings. The van der Waals surface area contributed by atoms with Crippen LogP contribution < -0.4 is 4.90 Å². The molecule has 0 aliphatic carbocycles. The first-order valence-electron chi connectivity index (χ1n) is 6.01. The molecule has 0 atom stereocenters. The number of piperidine rings is 1. The van der Waals surface area contributed by atoms with Crippen molar-refractivity contribution in [2.75, 3.05) is 24.2 Å².